The van der Waals surface area contributed by atoms with Crippen molar-refractivity contribution in [1.29, 1.82) is 0 Å². The van der Waals surface area contributed by atoms with Crippen LogP contribution in [0.25, 0.3) is 0 Å². The van der Waals surface area contributed by atoms with Crippen molar-refractivity contribution in [3.05, 3.63) is 57.0 Å². The van der Waals surface area contributed by atoms with Gasteiger partial charge in [-0.25, -0.2) is 4.68 Å². The second-order valence-electron chi connectivity index (χ2n) is 3.69. The van der Waals surface area contributed by atoms with E-state index in [4.69, 9.17) is 11.6 Å². The van der Waals surface area contributed by atoms with Gasteiger partial charge in [-0.1, -0.05) is 30.7 Å². The number of benzene rings is 1. The number of halogens is 1. The smallest absolute Gasteiger partial charge is 0.267 e. The number of nitrogens with zero attached hydrogens (tertiary/aromatic N) is 1. The highest BCUT2D eigenvalue weighted by Crippen LogP contribution is 2.11. The summed E-state index contributed by atoms with van der Waals surface area (Å²) >= 11 is 5.89. The van der Waals surface area contributed by atoms with E-state index in [1.165, 1.54) is 0 Å². The Kier molecular flexibility index (Phi) is 3.15. The van der Waals surface area contributed by atoms with Crippen LogP contribution in [0, 0.1) is 0 Å². The van der Waals surface area contributed by atoms with E-state index in [2.05, 4.69) is 5.10 Å². The summed E-state index contributed by atoms with van der Waals surface area (Å²) in [5.74, 6) is 0. The van der Waals surface area contributed by atoms with Crippen LogP contribution >= 0.6 is 11.6 Å². The summed E-state index contributed by atoms with van der Waals surface area (Å²) in [4.78, 5) is 11.6. The first-order valence-corrected chi connectivity index (χ1v) is 5.60. The van der Waals surface area contributed by atoms with Crippen molar-refractivity contribution in [2.75, 3.05) is 0 Å². The van der Waals surface area contributed by atoms with E-state index in [-0.39, 0.29) is 5.56 Å². The first-order valence-electron chi connectivity index (χ1n) is 5.22. The van der Waals surface area contributed by atoms with E-state index >= 15 is 0 Å². The van der Waals surface area contributed by atoms with Crippen LogP contribution in [0.3, 0.4) is 0 Å². The Bertz CT molecular complexity index is 542. The van der Waals surface area contributed by atoms with E-state index in [0.717, 1.165) is 17.7 Å². The van der Waals surface area contributed by atoms with Crippen molar-refractivity contribution in [3.8, 4) is 0 Å². The van der Waals surface area contributed by atoms with Crippen molar-refractivity contribution in [1.82, 2.24) is 9.78 Å². The molecule has 0 atom stereocenters. The average Bonchev–Trinajstić information content (AvgIpc) is 2.60. The van der Waals surface area contributed by atoms with E-state index in [1.54, 1.807) is 10.7 Å². The predicted molar refractivity (Wildman–Crippen MR) is 65.0 cm³/mol. The summed E-state index contributed by atoms with van der Waals surface area (Å²) in [5, 5.41) is 3.75. The van der Waals surface area contributed by atoms with Crippen LogP contribution in [0.2, 0.25) is 5.02 Å². The molecule has 0 fully saturated rings. The van der Waals surface area contributed by atoms with Gasteiger partial charge in [0.25, 0.3) is 5.56 Å². The molecule has 0 aliphatic heterocycles. The molecular weight excluding hydrogens is 224 g/mol. The van der Waals surface area contributed by atoms with Gasteiger partial charge in [0, 0.05) is 16.8 Å². The molecule has 0 amide bonds. The molecule has 2 aromatic rings. The highest BCUT2D eigenvalue weighted by Gasteiger charge is 2.02. The Morgan fingerprint density at radius 2 is 2.19 bits per heavy atom. The zero-order valence-corrected chi connectivity index (χ0v) is 9.79. The average molecular weight is 237 g/mol. The monoisotopic (exact) mass is 236 g/mol. The lowest BCUT2D eigenvalue weighted by atomic mass is 10.2. The van der Waals surface area contributed by atoms with Gasteiger partial charge in [0.15, 0.2) is 0 Å². The molecule has 0 saturated carbocycles. The number of aromatic nitrogens is 2. The Morgan fingerprint density at radius 3 is 2.81 bits per heavy atom. The molecule has 84 valence electrons. The third kappa shape index (κ3) is 2.36. The third-order valence-corrected chi connectivity index (χ3v) is 2.69. The van der Waals surface area contributed by atoms with Gasteiger partial charge in [-0.15, -0.1) is 0 Å². The van der Waals surface area contributed by atoms with E-state index in [1.807, 2.05) is 31.2 Å². The molecule has 4 heteroatoms. The molecular formula is C12H13ClN2O. The van der Waals surface area contributed by atoms with Gasteiger partial charge < -0.3 is 0 Å². The summed E-state index contributed by atoms with van der Waals surface area (Å²) in [6.07, 6.45) is 0.831. The molecule has 2 rings (SSSR count). The van der Waals surface area contributed by atoms with Gasteiger partial charge in [0.05, 0.1) is 6.54 Å². The SMILES string of the molecule is CCc1cc(=O)n(Cc2cccc(Cl)c2)[nH]1. The van der Waals surface area contributed by atoms with E-state index in [0.29, 0.717) is 11.6 Å². The fraction of sp³-hybridized carbons (Fsp3) is 0.250. The summed E-state index contributed by atoms with van der Waals surface area (Å²) in [7, 11) is 0. The standard InChI is InChI=1S/C12H13ClN2O/c1-2-11-7-12(16)15(14-11)8-9-4-3-5-10(13)6-9/h3-7,14H,2,8H2,1H3. The second kappa shape index (κ2) is 4.58. The van der Waals surface area contributed by atoms with Crippen LogP contribution in [-0.4, -0.2) is 9.78 Å². The third-order valence-electron chi connectivity index (χ3n) is 2.45. The summed E-state index contributed by atoms with van der Waals surface area (Å²) in [5.41, 5.74) is 1.96. The molecule has 1 aromatic heterocycles. The van der Waals surface area contributed by atoms with Gasteiger partial charge in [-0.3, -0.25) is 9.89 Å². The quantitative estimate of drug-likeness (QED) is 0.874. The highest BCUT2D eigenvalue weighted by atomic mass is 35.5. The van der Waals surface area contributed by atoms with E-state index in [9.17, 15) is 4.79 Å². The molecule has 0 aliphatic carbocycles. The molecule has 3 nitrogen and oxygen atoms in total. The van der Waals surface area contributed by atoms with Crippen LogP contribution in [0.1, 0.15) is 18.2 Å². The number of nitrogens with one attached hydrogen (secondary N) is 1. The lowest BCUT2D eigenvalue weighted by molar-refractivity contribution is 0.653. The zero-order chi connectivity index (χ0) is 11.5. The highest BCUT2D eigenvalue weighted by molar-refractivity contribution is 6.30. The minimum Gasteiger partial charge on any atom is -0.299 e. The minimum atomic E-state index is -0.00294. The van der Waals surface area contributed by atoms with E-state index < -0.39 is 0 Å². The van der Waals surface area contributed by atoms with Crippen molar-refractivity contribution in [3.63, 3.8) is 0 Å². The summed E-state index contributed by atoms with van der Waals surface area (Å²) in [6, 6.07) is 9.14. The Morgan fingerprint density at radius 1 is 1.38 bits per heavy atom. The number of hydrogen-bond donors (Lipinski definition) is 1. The molecule has 0 bridgehead atoms. The summed E-state index contributed by atoms with van der Waals surface area (Å²) < 4.78 is 1.59. The zero-order valence-electron chi connectivity index (χ0n) is 9.03. The largest absolute Gasteiger partial charge is 0.299 e. The maximum absolute atomic E-state index is 11.6. The second-order valence-corrected chi connectivity index (χ2v) is 4.13. The van der Waals surface area contributed by atoms with Crippen LogP contribution < -0.4 is 5.56 Å². The lowest BCUT2D eigenvalue weighted by Crippen LogP contribution is -2.16. The van der Waals surface area contributed by atoms with Crippen molar-refractivity contribution < 1.29 is 0 Å². The molecule has 16 heavy (non-hydrogen) atoms. The van der Waals surface area contributed by atoms with Gasteiger partial charge in [0.1, 0.15) is 0 Å². The molecule has 0 radical (unpaired) electrons. The molecule has 0 unspecified atom stereocenters. The van der Waals surface area contributed by atoms with Gasteiger partial charge in [-0.05, 0) is 24.1 Å². The Balaban J connectivity index is 2.26. The van der Waals surface area contributed by atoms with Crippen molar-refractivity contribution in [2.24, 2.45) is 0 Å². The molecule has 0 spiro atoms. The molecule has 1 N–H and O–H groups in total. The molecule has 1 aromatic carbocycles. The van der Waals surface area contributed by atoms with Crippen LogP contribution in [0.4, 0.5) is 0 Å². The fourth-order valence-corrected chi connectivity index (χ4v) is 1.82. The number of hydrogen-bond acceptors (Lipinski definition) is 1. The maximum atomic E-state index is 11.6. The molecule has 0 aliphatic rings. The molecule has 1 heterocycles. The topological polar surface area (TPSA) is 37.8 Å². The first kappa shape index (κ1) is 11.0. The minimum absolute atomic E-state index is 0.00294. The van der Waals surface area contributed by atoms with Gasteiger partial charge >= 0.3 is 0 Å². The Hall–Kier alpha value is -1.48. The van der Waals surface area contributed by atoms with Gasteiger partial charge in [0.2, 0.25) is 0 Å². The van der Waals surface area contributed by atoms with Crippen LogP contribution in [-0.2, 0) is 13.0 Å². The first-order chi connectivity index (χ1) is 7.69. The van der Waals surface area contributed by atoms with Crippen molar-refractivity contribution >= 4 is 11.6 Å². The number of rotatable bonds is 3. The van der Waals surface area contributed by atoms with Crippen LogP contribution in [0.15, 0.2) is 35.1 Å². The fourth-order valence-electron chi connectivity index (χ4n) is 1.60. The number of aryl methyl sites for hydroxylation is 1. The normalized spacial score (nSPS) is 10.6. The summed E-state index contributed by atoms with van der Waals surface area (Å²) in [6.45, 7) is 2.54. The van der Waals surface area contributed by atoms with Gasteiger partial charge in [-0.2, -0.15) is 0 Å². The predicted octanol–water partition coefficient (Wildman–Crippen LogP) is 2.44. The Labute approximate surface area is 98.7 Å². The number of aromatic amines is 1. The lowest BCUT2D eigenvalue weighted by Gasteiger charge is -2.02. The van der Waals surface area contributed by atoms with Crippen LogP contribution in [0.5, 0.6) is 0 Å². The maximum Gasteiger partial charge on any atom is 0.267 e. The number of H-pyrrole nitrogens is 1. The molecule has 0 saturated heterocycles. The van der Waals surface area contributed by atoms with Crippen molar-refractivity contribution in [2.45, 2.75) is 19.9 Å².